The third-order valence-electron chi connectivity index (χ3n) is 5.51. The number of hydrogen-bond donors (Lipinski definition) is 2. The lowest BCUT2D eigenvalue weighted by Gasteiger charge is -2.25. The van der Waals surface area contributed by atoms with Gasteiger partial charge in [-0.15, -0.1) is 0 Å². The molecule has 0 saturated carbocycles. The van der Waals surface area contributed by atoms with Gasteiger partial charge in [0.2, 0.25) is 5.91 Å². The van der Waals surface area contributed by atoms with Crippen LogP contribution in [0.4, 0.5) is 11.4 Å². The van der Waals surface area contributed by atoms with Gasteiger partial charge >= 0.3 is 0 Å². The highest BCUT2D eigenvalue weighted by Gasteiger charge is 2.47. The molecule has 7 heteroatoms. The van der Waals surface area contributed by atoms with Gasteiger partial charge in [-0.1, -0.05) is 29.8 Å². The number of amides is 2. The topological polar surface area (TPSA) is 99.6 Å². The van der Waals surface area contributed by atoms with Crippen molar-refractivity contribution in [2.75, 3.05) is 10.2 Å². The number of aliphatic hydroxyl groups excluding tert-OH is 1. The third-order valence-corrected chi connectivity index (χ3v) is 5.51. The molecule has 2 aromatic carbocycles. The lowest BCUT2D eigenvalue weighted by atomic mass is 9.95. The van der Waals surface area contributed by atoms with Crippen LogP contribution in [0.1, 0.15) is 35.3 Å². The second-order valence-electron chi connectivity index (χ2n) is 7.97. The van der Waals surface area contributed by atoms with Gasteiger partial charge in [0.1, 0.15) is 11.8 Å². The van der Waals surface area contributed by atoms with Gasteiger partial charge in [-0.3, -0.25) is 24.3 Å². The van der Waals surface area contributed by atoms with E-state index in [0.29, 0.717) is 22.6 Å². The summed E-state index contributed by atoms with van der Waals surface area (Å²) in [5, 5.41) is 14.0. The van der Waals surface area contributed by atoms with Crippen molar-refractivity contribution in [3.05, 3.63) is 94.8 Å². The molecule has 0 bridgehead atoms. The quantitative estimate of drug-likeness (QED) is 0.358. The van der Waals surface area contributed by atoms with Crippen LogP contribution in [0.15, 0.2) is 72.4 Å². The number of aliphatic hydroxyl groups is 1. The molecular weight excluding hydrogens is 418 g/mol. The Bertz CT molecular complexity index is 1300. The number of carbonyl (C=O) groups excluding carboxylic acids is 3. The number of ketones is 1. The van der Waals surface area contributed by atoms with Crippen molar-refractivity contribution in [2.45, 2.75) is 26.8 Å². The number of aromatic nitrogens is 1. The minimum absolute atomic E-state index is 0.0302. The first-order valence-electron chi connectivity index (χ1n) is 10.4. The Morgan fingerprint density at radius 3 is 2.52 bits per heavy atom. The standard InChI is InChI=1S/C26H23N3O4/c1-15-10-11-16(2)20(13-15)24(31)22-23(21-9-4-5-12-27-21)29(26(33)25(22)32)19-8-6-7-18(14-19)28-17(3)30/h4-14,23,31H,1-3H3,(H,28,30)/b24-22+. The summed E-state index contributed by atoms with van der Waals surface area (Å²) in [6, 6.07) is 16.5. The zero-order valence-electron chi connectivity index (χ0n) is 18.5. The fourth-order valence-corrected chi connectivity index (χ4v) is 3.99. The highest BCUT2D eigenvalue weighted by Crippen LogP contribution is 2.42. The average molecular weight is 441 g/mol. The molecule has 166 valence electrons. The maximum absolute atomic E-state index is 13.2. The molecule has 0 radical (unpaired) electrons. The summed E-state index contributed by atoms with van der Waals surface area (Å²) in [6.07, 6.45) is 1.57. The van der Waals surface area contributed by atoms with E-state index >= 15 is 0 Å². The van der Waals surface area contributed by atoms with E-state index in [1.54, 1.807) is 54.7 Å². The Balaban J connectivity index is 1.94. The molecular formula is C26H23N3O4. The molecule has 1 unspecified atom stereocenters. The van der Waals surface area contributed by atoms with Crippen LogP contribution in [-0.2, 0) is 14.4 Å². The van der Waals surface area contributed by atoms with Crippen LogP contribution >= 0.6 is 0 Å². The molecule has 1 fully saturated rings. The number of carbonyl (C=O) groups is 3. The van der Waals surface area contributed by atoms with Crippen molar-refractivity contribution in [1.29, 1.82) is 0 Å². The number of aryl methyl sites for hydroxylation is 2. The van der Waals surface area contributed by atoms with Crippen LogP contribution in [0.25, 0.3) is 5.76 Å². The van der Waals surface area contributed by atoms with Gasteiger partial charge in [-0.25, -0.2) is 0 Å². The smallest absolute Gasteiger partial charge is 0.300 e. The number of anilines is 2. The predicted molar refractivity (Wildman–Crippen MR) is 126 cm³/mol. The lowest BCUT2D eigenvalue weighted by Crippen LogP contribution is -2.30. The van der Waals surface area contributed by atoms with Gasteiger partial charge in [0, 0.05) is 30.1 Å². The van der Waals surface area contributed by atoms with Crippen LogP contribution in [-0.4, -0.2) is 27.7 Å². The monoisotopic (exact) mass is 441 g/mol. The summed E-state index contributed by atoms with van der Waals surface area (Å²) in [5.41, 5.74) is 3.47. The van der Waals surface area contributed by atoms with Crippen molar-refractivity contribution in [3.8, 4) is 0 Å². The van der Waals surface area contributed by atoms with Crippen LogP contribution < -0.4 is 10.2 Å². The minimum Gasteiger partial charge on any atom is -0.507 e. The van der Waals surface area contributed by atoms with Crippen molar-refractivity contribution in [3.63, 3.8) is 0 Å². The summed E-state index contributed by atoms with van der Waals surface area (Å²) in [4.78, 5) is 43.7. The third kappa shape index (κ3) is 4.13. The molecule has 0 aliphatic carbocycles. The van der Waals surface area contributed by atoms with E-state index in [1.807, 2.05) is 26.0 Å². The second kappa shape index (κ2) is 8.70. The minimum atomic E-state index is -0.932. The van der Waals surface area contributed by atoms with E-state index in [1.165, 1.54) is 11.8 Å². The fourth-order valence-electron chi connectivity index (χ4n) is 3.99. The Morgan fingerprint density at radius 1 is 1.03 bits per heavy atom. The SMILES string of the molecule is CC(=O)Nc1cccc(N2C(=O)C(=O)/C(=C(/O)c3cc(C)ccc3C)C2c2ccccn2)c1. The van der Waals surface area contributed by atoms with E-state index in [4.69, 9.17) is 0 Å². The number of benzene rings is 2. The number of pyridine rings is 1. The van der Waals surface area contributed by atoms with Crippen LogP contribution in [0.2, 0.25) is 0 Å². The van der Waals surface area contributed by atoms with Gasteiger partial charge in [-0.05, 0) is 55.8 Å². The van der Waals surface area contributed by atoms with Crippen molar-refractivity contribution < 1.29 is 19.5 Å². The molecule has 1 aliphatic rings. The normalized spacial score (nSPS) is 17.3. The molecule has 4 rings (SSSR count). The van der Waals surface area contributed by atoms with Crippen molar-refractivity contribution >= 4 is 34.7 Å². The summed E-state index contributed by atoms with van der Waals surface area (Å²) < 4.78 is 0. The average Bonchev–Trinajstić information content (AvgIpc) is 3.06. The summed E-state index contributed by atoms with van der Waals surface area (Å²) >= 11 is 0. The first-order chi connectivity index (χ1) is 15.8. The number of nitrogens with one attached hydrogen (secondary N) is 1. The van der Waals surface area contributed by atoms with Crippen molar-refractivity contribution in [1.82, 2.24) is 4.98 Å². The molecule has 1 atom stereocenters. The van der Waals surface area contributed by atoms with E-state index in [2.05, 4.69) is 10.3 Å². The highest BCUT2D eigenvalue weighted by molar-refractivity contribution is 6.51. The van der Waals surface area contributed by atoms with E-state index in [-0.39, 0.29) is 17.2 Å². The number of Topliss-reactive ketones (excluding diaryl/α,β-unsaturated/α-hetero) is 1. The zero-order chi connectivity index (χ0) is 23.7. The Morgan fingerprint density at radius 2 is 1.82 bits per heavy atom. The van der Waals surface area contributed by atoms with Crippen LogP contribution in [0, 0.1) is 13.8 Å². The summed E-state index contributed by atoms with van der Waals surface area (Å²) in [6.45, 7) is 5.10. The molecule has 0 spiro atoms. The molecule has 7 nitrogen and oxygen atoms in total. The maximum Gasteiger partial charge on any atom is 0.300 e. The summed E-state index contributed by atoms with van der Waals surface area (Å²) in [7, 11) is 0. The van der Waals surface area contributed by atoms with E-state index in [9.17, 15) is 19.5 Å². The first-order valence-corrected chi connectivity index (χ1v) is 10.4. The number of nitrogens with zero attached hydrogens (tertiary/aromatic N) is 2. The molecule has 2 amide bonds. The number of rotatable bonds is 4. The van der Waals surface area contributed by atoms with Gasteiger partial charge in [0.25, 0.3) is 11.7 Å². The Labute approximate surface area is 191 Å². The zero-order valence-corrected chi connectivity index (χ0v) is 18.5. The van der Waals surface area contributed by atoms with E-state index < -0.39 is 17.7 Å². The molecule has 3 aromatic rings. The molecule has 1 aliphatic heterocycles. The molecule has 33 heavy (non-hydrogen) atoms. The fraction of sp³-hybridized carbons (Fsp3) is 0.154. The summed E-state index contributed by atoms with van der Waals surface area (Å²) in [5.74, 6) is -2.08. The van der Waals surface area contributed by atoms with Gasteiger partial charge in [0.15, 0.2) is 0 Å². The predicted octanol–water partition coefficient (Wildman–Crippen LogP) is 4.28. The van der Waals surface area contributed by atoms with Gasteiger partial charge < -0.3 is 10.4 Å². The second-order valence-corrected chi connectivity index (χ2v) is 7.97. The Hall–Kier alpha value is -4.26. The maximum atomic E-state index is 13.2. The lowest BCUT2D eigenvalue weighted by molar-refractivity contribution is -0.132. The van der Waals surface area contributed by atoms with Gasteiger partial charge in [0.05, 0.1) is 11.3 Å². The molecule has 1 aromatic heterocycles. The first kappa shape index (κ1) is 22.0. The van der Waals surface area contributed by atoms with Crippen LogP contribution in [0.5, 0.6) is 0 Å². The van der Waals surface area contributed by atoms with Crippen molar-refractivity contribution in [2.24, 2.45) is 0 Å². The molecule has 1 saturated heterocycles. The Kier molecular flexibility index (Phi) is 5.79. The van der Waals surface area contributed by atoms with E-state index in [0.717, 1.165) is 11.1 Å². The van der Waals surface area contributed by atoms with Crippen LogP contribution in [0.3, 0.4) is 0 Å². The molecule has 2 N–H and O–H groups in total. The van der Waals surface area contributed by atoms with Gasteiger partial charge in [-0.2, -0.15) is 0 Å². The highest BCUT2D eigenvalue weighted by atomic mass is 16.3. The largest absolute Gasteiger partial charge is 0.507 e. The number of hydrogen-bond acceptors (Lipinski definition) is 5. The molecule has 2 heterocycles.